The molecule has 0 aromatic heterocycles. The second-order valence-corrected chi connectivity index (χ2v) is 5.41. The van der Waals surface area contributed by atoms with Crippen molar-refractivity contribution in [3.05, 3.63) is 29.3 Å². The summed E-state index contributed by atoms with van der Waals surface area (Å²) < 4.78 is 5.52. The molecule has 21 heavy (non-hydrogen) atoms. The maximum atomic E-state index is 12.4. The normalized spacial score (nSPS) is 17.0. The summed E-state index contributed by atoms with van der Waals surface area (Å²) in [6, 6.07) is 6.60. The van der Waals surface area contributed by atoms with E-state index in [1.165, 1.54) is 4.90 Å². The standard InChI is InChI=1S/C15H19ClN2O3/c1-3-15(4-2)13(19)18(14(20)17-15)9-10-21-12-7-5-11(16)6-8-12/h5-8H,3-4,9-10H2,1-2H3,(H,17,20). The van der Waals surface area contributed by atoms with Crippen LogP contribution < -0.4 is 10.1 Å². The molecule has 0 atom stereocenters. The molecule has 3 amide bonds. The van der Waals surface area contributed by atoms with Crippen molar-refractivity contribution < 1.29 is 14.3 Å². The van der Waals surface area contributed by atoms with E-state index < -0.39 is 5.54 Å². The number of ether oxygens (including phenoxy) is 1. The molecule has 1 aliphatic rings. The number of nitrogens with zero attached hydrogens (tertiary/aromatic N) is 1. The first-order valence-electron chi connectivity index (χ1n) is 7.05. The molecule has 0 bridgehead atoms. The van der Waals surface area contributed by atoms with Gasteiger partial charge in [-0.1, -0.05) is 25.4 Å². The minimum atomic E-state index is -0.753. The Morgan fingerprint density at radius 3 is 2.33 bits per heavy atom. The summed E-state index contributed by atoms with van der Waals surface area (Å²) in [6.45, 7) is 4.28. The number of urea groups is 1. The second-order valence-electron chi connectivity index (χ2n) is 4.98. The number of imide groups is 1. The summed E-state index contributed by atoms with van der Waals surface area (Å²) >= 11 is 5.79. The Bertz CT molecular complexity index is 526. The Labute approximate surface area is 129 Å². The van der Waals surface area contributed by atoms with Gasteiger partial charge < -0.3 is 10.1 Å². The number of nitrogens with one attached hydrogen (secondary N) is 1. The van der Waals surface area contributed by atoms with Crippen LogP contribution in [0.2, 0.25) is 5.02 Å². The largest absolute Gasteiger partial charge is 0.492 e. The zero-order valence-corrected chi connectivity index (χ0v) is 12.9. The van der Waals surface area contributed by atoms with E-state index >= 15 is 0 Å². The fourth-order valence-corrected chi connectivity index (χ4v) is 2.52. The second kappa shape index (κ2) is 6.35. The molecule has 2 rings (SSSR count). The summed E-state index contributed by atoms with van der Waals surface area (Å²) in [5.41, 5.74) is -0.753. The minimum absolute atomic E-state index is 0.169. The van der Waals surface area contributed by atoms with Gasteiger partial charge in [-0.15, -0.1) is 0 Å². The minimum Gasteiger partial charge on any atom is -0.492 e. The van der Waals surface area contributed by atoms with E-state index in [0.717, 1.165) is 0 Å². The molecule has 1 heterocycles. The van der Waals surface area contributed by atoms with Gasteiger partial charge in [0, 0.05) is 5.02 Å². The third-order valence-electron chi connectivity index (χ3n) is 3.85. The molecule has 114 valence electrons. The van der Waals surface area contributed by atoms with Gasteiger partial charge in [0.25, 0.3) is 5.91 Å². The van der Waals surface area contributed by atoms with Gasteiger partial charge in [0.05, 0.1) is 6.54 Å². The molecule has 1 aliphatic heterocycles. The van der Waals surface area contributed by atoms with Crippen LogP contribution in [0.4, 0.5) is 4.79 Å². The van der Waals surface area contributed by atoms with Crippen LogP contribution >= 0.6 is 11.6 Å². The van der Waals surface area contributed by atoms with E-state index in [9.17, 15) is 9.59 Å². The summed E-state index contributed by atoms with van der Waals surface area (Å²) in [5, 5.41) is 3.42. The van der Waals surface area contributed by atoms with Crippen LogP contribution in [0.1, 0.15) is 26.7 Å². The number of amides is 3. The molecule has 1 N–H and O–H groups in total. The van der Waals surface area contributed by atoms with Crippen LogP contribution in [-0.2, 0) is 4.79 Å². The summed E-state index contributed by atoms with van der Waals surface area (Å²) in [4.78, 5) is 25.5. The third kappa shape index (κ3) is 3.13. The lowest BCUT2D eigenvalue weighted by atomic mass is 9.93. The van der Waals surface area contributed by atoms with Crippen molar-refractivity contribution in [1.82, 2.24) is 10.2 Å². The quantitative estimate of drug-likeness (QED) is 0.822. The van der Waals surface area contributed by atoms with E-state index in [0.29, 0.717) is 23.6 Å². The van der Waals surface area contributed by atoms with Crippen molar-refractivity contribution in [1.29, 1.82) is 0 Å². The molecule has 5 nitrogen and oxygen atoms in total. The topological polar surface area (TPSA) is 58.6 Å². The average Bonchev–Trinajstić information content (AvgIpc) is 2.73. The molecule has 1 saturated heterocycles. The molecule has 1 aromatic carbocycles. The lowest BCUT2D eigenvalue weighted by Crippen LogP contribution is -2.46. The Balaban J connectivity index is 1.93. The molecule has 0 unspecified atom stereocenters. The summed E-state index contributed by atoms with van der Waals surface area (Å²) in [7, 11) is 0. The molecule has 0 saturated carbocycles. The Morgan fingerprint density at radius 2 is 1.81 bits per heavy atom. The lowest BCUT2D eigenvalue weighted by molar-refractivity contribution is -0.131. The Kier molecular flexibility index (Phi) is 4.73. The van der Waals surface area contributed by atoms with E-state index in [1.54, 1.807) is 24.3 Å². The maximum absolute atomic E-state index is 12.4. The molecular weight excluding hydrogens is 292 g/mol. The Hall–Kier alpha value is -1.75. The first kappa shape index (κ1) is 15.6. The molecule has 1 aromatic rings. The fraction of sp³-hybridized carbons (Fsp3) is 0.467. The van der Waals surface area contributed by atoms with Crippen LogP contribution in [0.15, 0.2) is 24.3 Å². The number of rotatable bonds is 6. The van der Waals surface area contributed by atoms with Crippen molar-refractivity contribution >= 4 is 23.5 Å². The van der Waals surface area contributed by atoms with Gasteiger partial charge in [-0.25, -0.2) is 4.79 Å². The number of halogens is 1. The molecule has 0 spiro atoms. The molecule has 6 heteroatoms. The maximum Gasteiger partial charge on any atom is 0.325 e. The lowest BCUT2D eigenvalue weighted by Gasteiger charge is -2.23. The molecule has 0 aliphatic carbocycles. The number of carbonyl (C=O) groups excluding carboxylic acids is 2. The predicted molar refractivity (Wildman–Crippen MR) is 80.5 cm³/mol. The fourth-order valence-electron chi connectivity index (χ4n) is 2.39. The van der Waals surface area contributed by atoms with Crippen molar-refractivity contribution in [2.45, 2.75) is 32.2 Å². The van der Waals surface area contributed by atoms with Crippen LogP contribution in [0.25, 0.3) is 0 Å². The smallest absolute Gasteiger partial charge is 0.325 e. The van der Waals surface area contributed by atoms with Gasteiger partial charge in [0.1, 0.15) is 17.9 Å². The highest BCUT2D eigenvalue weighted by Gasteiger charge is 2.48. The number of hydrogen-bond acceptors (Lipinski definition) is 3. The van der Waals surface area contributed by atoms with E-state index in [2.05, 4.69) is 5.32 Å². The SMILES string of the molecule is CCC1(CC)NC(=O)N(CCOc2ccc(Cl)cc2)C1=O. The number of hydrogen-bond donors (Lipinski definition) is 1. The highest BCUT2D eigenvalue weighted by atomic mass is 35.5. The van der Waals surface area contributed by atoms with Crippen molar-refractivity contribution in [3.63, 3.8) is 0 Å². The van der Waals surface area contributed by atoms with Crippen LogP contribution in [0.5, 0.6) is 5.75 Å². The van der Waals surface area contributed by atoms with Gasteiger partial charge in [0.2, 0.25) is 0 Å². The zero-order chi connectivity index (χ0) is 15.5. The summed E-state index contributed by atoms with van der Waals surface area (Å²) in [6.07, 6.45) is 1.17. The third-order valence-corrected chi connectivity index (χ3v) is 4.10. The van der Waals surface area contributed by atoms with Gasteiger partial charge >= 0.3 is 6.03 Å². The van der Waals surface area contributed by atoms with E-state index in [-0.39, 0.29) is 25.1 Å². The van der Waals surface area contributed by atoms with E-state index in [4.69, 9.17) is 16.3 Å². The van der Waals surface area contributed by atoms with Gasteiger partial charge in [-0.3, -0.25) is 9.69 Å². The highest BCUT2D eigenvalue weighted by molar-refractivity contribution is 6.30. The highest BCUT2D eigenvalue weighted by Crippen LogP contribution is 2.24. The van der Waals surface area contributed by atoms with Gasteiger partial charge in [-0.2, -0.15) is 0 Å². The van der Waals surface area contributed by atoms with Gasteiger partial charge in [0.15, 0.2) is 0 Å². The average molecular weight is 311 g/mol. The number of carbonyl (C=O) groups is 2. The first-order chi connectivity index (χ1) is 10.0. The van der Waals surface area contributed by atoms with Crippen molar-refractivity contribution in [2.75, 3.05) is 13.2 Å². The molecule has 1 fully saturated rings. The van der Waals surface area contributed by atoms with Crippen LogP contribution in [0.3, 0.4) is 0 Å². The van der Waals surface area contributed by atoms with Crippen molar-refractivity contribution in [3.8, 4) is 5.75 Å². The van der Waals surface area contributed by atoms with Crippen molar-refractivity contribution in [2.24, 2.45) is 0 Å². The Morgan fingerprint density at radius 1 is 1.19 bits per heavy atom. The first-order valence-corrected chi connectivity index (χ1v) is 7.42. The van der Waals surface area contributed by atoms with Crippen LogP contribution in [0, 0.1) is 0 Å². The summed E-state index contributed by atoms with van der Waals surface area (Å²) in [5.74, 6) is 0.487. The predicted octanol–water partition coefficient (Wildman–Crippen LogP) is 2.83. The molecular formula is C15H19ClN2O3. The number of benzene rings is 1. The monoisotopic (exact) mass is 310 g/mol. The van der Waals surface area contributed by atoms with E-state index in [1.807, 2.05) is 13.8 Å². The van der Waals surface area contributed by atoms with Crippen LogP contribution in [-0.4, -0.2) is 35.5 Å². The van der Waals surface area contributed by atoms with Gasteiger partial charge in [-0.05, 0) is 37.1 Å². The molecule has 0 radical (unpaired) electrons. The zero-order valence-electron chi connectivity index (χ0n) is 12.2.